The number of fused-ring (bicyclic) bond motifs is 1. The van der Waals surface area contributed by atoms with Gasteiger partial charge in [-0.2, -0.15) is 18.2 Å². The summed E-state index contributed by atoms with van der Waals surface area (Å²) in [4.78, 5) is 29.6. The molecule has 4 heterocycles. The van der Waals surface area contributed by atoms with Crippen molar-refractivity contribution in [1.82, 2.24) is 24.4 Å². The lowest BCUT2D eigenvalue weighted by atomic mass is 10.1. The van der Waals surface area contributed by atoms with E-state index in [-0.39, 0.29) is 11.5 Å². The number of nitrogens with two attached hydrogens (primary N) is 1. The van der Waals surface area contributed by atoms with Crippen molar-refractivity contribution < 1.29 is 17.6 Å². The van der Waals surface area contributed by atoms with E-state index >= 15 is 0 Å². The largest absolute Gasteiger partial charge is 0.460 e. The molecule has 1 aliphatic heterocycles. The summed E-state index contributed by atoms with van der Waals surface area (Å²) in [7, 11) is 0. The number of piperazine rings is 1. The second kappa shape index (κ2) is 9.26. The monoisotopic (exact) mass is 499 g/mol. The molecule has 3 aromatic heterocycles. The first-order chi connectivity index (χ1) is 17.2. The fraction of sp³-hybridized carbons (Fsp3) is 0.333. The summed E-state index contributed by atoms with van der Waals surface area (Å²) in [5, 5.41) is 0. The standard InChI is InChI=1S/C24H24F3N7O2/c1-15-5-6-18(36-15)20-21-22(31-23(28)30-20)34(19(35)14-29-21)12-9-32-7-10-33(11-8-32)17-4-2-3-16(13-17)24(25,26)27/h2-6,13-14H,7-12H2,1H3,(H2,28,30,31). The number of aryl methyl sites for hydroxylation is 1. The summed E-state index contributed by atoms with van der Waals surface area (Å²) in [6.45, 7) is 5.13. The molecule has 1 aliphatic rings. The molecule has 0 radical (unpaired) electrons. The summed E-state index contributed by atoms with van der Waals surface area (Å²) < 4.78 is 46.4. The van der Waals surface area contributed by atoms with E-state index in [0.29, 0.717) is 73.3 Å². The van der Waals surface area contributed by atoms with E-state index in [9.17, 15) is 18.0 Å². The van der Waals surface area contributed by atoms with E-state index in [4.69, 9.17) is 10.2 Å². The molecular weight excluding hydrogens is 475 g/mol. The number of halogens is 3. The minimum Gasteiger partial charge on any atom is -0.460 e. The third-order valence-electron chi connectivity index (χ3n) is 6.23. The molecule has 0 atom stereocenters. The number of nitrogens with zero attached hydrogens (tertiary/aromatic N) is 6. The minimum absolute atomic E-state index is 0.00223. The molecule has 0 bridgehead atoms. The highest BCUT2D eigenvalue weighted by atomic mass is 19.4. The summed E-state index contributed by atoms with van der Waals surface area (Å²) in [6, 6.07) is 8.94. The Hall–Kier alpha value is -3.93. The molecule has 0 amide bonds. The number of anilines is 2. The fourth-order valence-electron chi connectivity index (χ4n) is 4.36. The van der Waals surface area contributed by atoms with Crippen LogP contribution in [-0.2, 0) is 12.7 Å². The number of hydrogen-bond acceptors (Lipinski definition) is 8. The highest BCUT2D eigenvalue weighted by molar-refractivity contribution is 5.86. The fourth-order valence-corrected chi connectivity index (χ4v) is 4.36. The molecule has 2 N–H and O–H groups in total. The van der Waals surface area contributed by atoms with Crippen molar-refractivity contribution in [3.05, 3.63) is 64.3 Å². The predicted molar refractivity (Wildman–Crippen MR) is 129 cm³/mol. The van der Waals surface area contributed by atoms with Crippen molar-refractivity contribution in [1.29, 1.82) is 0 Å². The van der Waals surface area contributed by atoms with Crippen molar-refractivity contribution in [2.24, 2.45) is 0 Å². The van der Waals surface area contributed by atoms with Crippen LogP contribution in [0.25, 0.3) is 22.6 Å². The van der Waals surface area contributed by atoms with Gasteiger partial charge < -0.3 is 15.1 Å². The Bertz CT molecular complexity index is 1460. The van der Waals surface area contributed by atoms with Gasteiger partial charge >= 0.3 is 6.18 Å². The Kier molecular flexibility index (Phi) is 6.12. The van der Waals surface area contributed by atoms with Crippen LogP contribution >= 0.6 is 0 Å². The zero-order valence-electron chi connectivity index (χ0n) is 19.5. The minimum atomic E-state index is -4.37. The van der Waals surface area contributed by atoms with Crippen LogP contribution in [0, 0.1) is 6.92 Å². The van der Waals surface area contributed by atoms with Gasteiger partial charge in [-0.05, 0) is 37.3 Å². The molecule has 4 aromatic rings. The lowest BCUT2D eigenvalue weighted by Crippen LogP contribution is -2.47. The Morgan fingerprint density at radius 3 is 2.53 bits per heavy atom. The topological polar surface area (TPSA) is 106 Å². The number of aromatic nitrogens is 4. The van der Waals surface area contributed by atoms with Crippen molar-refractivity contribution in [2.45, 2.75) is 19.6 Å². The zero-order chi connectivity index (χ0) is 25.4. The lowest BCUT2D eigenvalue weighted by molar-refractivity contribution is -0.137. The van der Waals surface area contributed by atoms with Crippen LogP contribution in [0.2, 0.25) is 0 Å². The molecule has 0 aliphatic carbocycles. The second-order valence-corrected chi connectivity index (χ2v) is 8.64. The summed E-state index contributed by atoms with van der Waals surface area (Å²) in [6.07, 6.45) is -3.15. The molecule has 1 fully saturated rings. The lowest BCUT2D eigenvalue weighted by Gasteiger charge is -2.36. The summed E-state index contributed by atoms with van der Waals surface area (Å²) >= 11 is 0. The highest BCUT2D eigenvalue weighted by Crippen LogP contribution is 2.32. The second-order valence-electron chi connectivity index (χ2n) is 8.64. The van der Waals surface area contributed by atoms with Crippen LogP contribution in [0.1, 0.15) is 11.3 Å². The van der Waals surface area contributed by atoms with Gasteiger partial charge in [-0.1, -0.05) is 6.07 Å². The first kappa shape index (κ1) is 23.8. The molecule has 12 heteroatoms. The van der Waals surface area contributed by atoms with Crippen molar-refractivity contribution in [2.75, 3.05) is 43.4 Å². The van der Waals surface area contributed by atoms with Gasteiger partial charge in [0.15, 0.2) is 11.4 Å². The van der Waals surface area contributed by atoms with Crippen molar-refractivity contribution >= 4 is 22.8 Å². The van der Waals surface area contributed by atoms with E-state index in [1.54, 1.807) is 18.2 Å². The van der Waals surface area contributed by atoms with Gasteiger partial charge in [-0.25, -0.2) is 9.97 Å². The van der Waals surface area contributed by atoms with Crippen LogP contribution < -0.4 is 16.2 Å². The zero-order valence-corrected chi connectivity index (χ0v) is 19.5. The van der Waals surface area contributed by atoms with E-state index in [1.807, 2.05) is 11.8 Å². The van der Waals surface area contributed by atoms with Gasteiger partial charge in [0.25, 0.3) is 5.56 Å². The number of alkyl halides is 3. The molecule has 36 heavy (non-hydrogen) atoms. The Morgan fingerprint density at radius 1 is 1.06 bits per heavy atom. The molecular formula is C24H24F3N7O2. The van der Waals surface area contributed by atoms with Gasteiger partial charge in [0.2, 0.25) is 5.95 Å². The summed E-state index contributed by atoms with van der Waals surface area (Å²) in [5.41, 5.74) is 6.66. The van der Waals surface area contributed by atoms with Gasteiger partial charge in [0.1, 0.15) is 17.0 Å². The Balaban J connectivity index is 1.31. The van der Waals surface area contributed by atoms with Crippen LogP contribution in [0.15, 0.2) is 51.8 Å². The van der Waals surface area contributed by atoms with Crippen LogP contribution in [-0.4, -0.2) is 57.1 Å². The normalized spacial score (nSPS) is 15.1. The third kappa shape index (κ3) is 4.76. The average Bonchev–Trinajstić information content (AvgIpc) is 3.29. The maximum atomic E-state index is 13.1. The van der Waals surface area contributed by atoms with E-state index in [0.717, 1.165) is 6.07 Å². The van der Waals surface area contributed by atoms with E-state index in [2.05, 4.69) is 19.9 Å². The van der Waals surface area contributed by atoms with E-state index < -0.39 is 11.7 Å². The molecule has 5 rings (SSSR count). The molecule has 0 unspecified atom stereocenters. The maximum absolute atomic E-state index is 13.1. The number of nitrogen functional groups attached to an aromatic ring is 1. The Morgan fingerprint density at radius 2 is 1.83 bits per heavy atom. The van der Waals surface area contributed by atoms with Crippen molar-refractivity contribution in [3.8, 4) is 11.5 Å². The van der Waals surface area contributed by atoms with Gasteiger partial charge in [0, 0.05) is 45.0 Å². The number of hydrogen-bond donors (Lipinski definition) is 1. The third-order valence-corrected chi connectivity index (χ3v) is 6.23. The van der Waals surface area contributed by atoms with Crippen LogP contribution in [0.4, 0.5) is 24.8 Å². The molecule has 1 aromatic carbocycles. The van der Waals surface area contributed by atoms with Gasteiger partial charge in [-0.3, -0.25) is 14.3 Å². The predicted octanol–water partition coefficient (Wildman–Crippen LogP) is 3.18. The number of rotatable bonds is 5. The molecule has 9 nitrogen and oxygen atoms in total. The quantitative estimate of drug-likeness (QED) is 0.446. The highest BCUT2D eigenvalue weighted by Gasteiger charge is 2.31. The van der Waals surface area contributed by atoms with Gasteiger partial charge in [-0.15, -0.1) is 0 Å². The molecule has 1 saturated heterocycles. The molecule has 188 valence electrons. The van der Waals surface area contributed by atoms with Gasteiger partial charge in [0.05, 0.1) is 11.8 Å². The molecule has 0 saturated carbocycles. The van der Waals surface area contributed by atoms with E-state index in [1.165, 1.54) is 22.9 Å². The number of furan rings is 1. The maximum Gasteiger partial charge on any atom is 0.416 e. The van der Waals surface area contributed by atoms with Crippen LogP contribution in [0.5, 0.6) is 0 Å². The van der Waals surface area contributed by atoms with Crippen molar-refractivity contribution in [3.63, 3.8) is 0 Å². The first-order valence-corrected chi connectivity index (χ1v) is 11.4. The average molecular weight is 499 g/mol. The smallest absolute Gasteiger partial charge is 0.416 e. The van der Waals surface area contributed by atoms with Crippen LogP contribution in [0.3, 0.4) is 0 Å². The molecule has 0 spiro atoms. The SMILES string of the molecule is Cc1ccc(-c2nc(N)nc3c2ncc(=O)n3CCN2CCN(c3cccc(C(F)(F)F)c3)CC2)o1. The number of benzene rings is 1. The first-order valence-electron chi connectivity index (χ1n) is 11.4. The Labute approximate surface area is 204 Å². The summed E-state index contributed by atoms with van der Waals surface area (Å²) in [5.74, 6) is 1.19.